The molecule has 26 heavy (non-hydrogen) atoms. The maximum Gasteiger partial charge on any atom is 0.410 e. The van der Waals surface area contributed by atoms with Gasteiger partial charge in [0.25, 0.3) is 0 Å². The number of fused-ring (bicyclic) bond motifs is 2. The van der Waals surface area contributed by atoms with Crippen LogP contribution in [-0.2, 0) is 17.8 Å². The van der Waals surface area contributed by atoms with Gasteiger partial charge in [0.2, 0.25) is 0 Å². The lowest BCUT2D eigenvalue weighted by atomic mass is 9.82. The average molecular weight is 352 g/mol. The van der Waals surface area contributed by atoms with Gasteiger partial charge in [-0.25, -0.2) is 4.79 Å². The van der Waals surface area contributed by atoms with Crippen molar-refractivity contribution in [2.45, 2.75) is 56.4 Å². The standard InChI is InChI=1S/C21H24N2O3/c24-20(26-15-16-5-2-1-3-6-16)23-18-8-9-19(23)13-21(25,12-18)11-17-7-4-10-22-14-17/h1-7,10,14,18-19,25H,8-9,11-13,15H2. The molecule has 4 rings (SSSR count). The van der Waals surface area contributed by atoms with Gasteiger partial charge < -0.3 is 14.7 Å². The molecule has 2 aromatic rings. The van der Waals surface area contributed by atoms with Crippen LogP contribution in [0.3, 0.4) is 0 Å². The van der Waals surface area contributed by atoms with Gasteiger partial charge >= 0.3 is 6.09 Å². The van der Waals surface area contributed by atoms with E-state index >= 15 is 0 Å². The molecule has 0 saturated carbocycles. The summed E-state index contributed by atoms with van der Waals surface area (Å²) >= 11 is 0. The summed E-state index contributed by atoms with van der Waals surface area (Å²) in [5.41, 5.74) is 1.25. The molecule has 0 aliphatic carbocycles. The molecule has 0 radical (unpaired) electrons. The monoisotopic (exact) mass is 352 g/mol. The minimum Gasteiger partial charge on any atom is -0.445 e. The number of aliphatic hydroxyl groups is 1. The molecule has 3 heterocycles. The second kappa shape index (κ2) is 7.08. The van der Waals surface area contributed by atoms with E-state index in [1.54, 1.807) is 12.4 Å². The molecule has 2 unspecified atom stereocenters. The number of hydrogen-bond donors (Lipinski definition) is 1. The van der Waals surface area contributed by atoms with Crippen LogP contribution in [-0.4, -0.2) is 38.8 Å². The highest BCUT2D eigenvalue weighted by atomic mass is 16.6. The van der Waals surface area contributed by atoms with Crippen molar-refractivity contribution in [1.29, 1.82) is 0 Å². The Labute approximate surface area is 153 Å². The second-order valence-corrected chi connectivity index (χ2v) is 7.50. The minimum atomic E-state index is -0.773. The van der Waals surface area contributed by atoms with Gasteiger partial charge in [-0.15, -0.1) is 0 Å². The quantitative estimate of drug-likeness (QED) is 0.917. The van der Waals surface area contributed by atoms with Crippen molar-refractivity contribution in [3.8, 4) is 0 Å². The van der Waals surface area contributed by atoms with Crippen LogP contribution in [0.1, 0.15) is 36.8 Å². The lowest BCUT2D eigenvalue weighted by Gasteiger charge is -2.43. The number of pyridine rings is 1. The summed E-state index contributed by atoms with van der Waals surface area (Å²) in [5.74, 6) is 0. The van der Waals surface area contributed by atoms with Gasteiger partial charge in [-0.1, -0.05) is 36.4 Å². The second-order valence-electron chi connectivity index (χ2n) is 7.50. The van der Waals surface area contributed by atoms with Crippen molar-refractivity contribution in [3.63, 3.8) is 0 Å². The molecule has 1 N–H and O–H groups in total. The summed E-state index contributed by atoms with van der Waals surface area (Å²) in [6.45, 7) is 0.287. The third kappa shape index (κ3) is 3.58. The molecule has 2 saturated heterocycles. The third-order valence-corrected chi connectivity index (χ3v) is 5.52. The van der Waals surface area contributed by atoms with Crippen LogP contribution < -0.4 is 0 Å². The normalized spacial score (nSPS) is 27.3. The van der Waals surface area contributed by atoms with Gasteiger partial charge in [0.1, 0.15) is 6.61 Å². The highest BCUT2D eigenvalue weighted by Gasteiger charge is 2.49. The lowest BCUT2D eigenvalue weighted by Crippen LogP contribution is -2.54. The maximum absolute atomic E-state index is 12.6. The molecule has 2 bridgehead atoms. The van der Waals surface area contributed by atoms with Crippen LogP contribution in [0.2, 0.25) is 0 Å². The first-order valence-corrected chi connectivity index (χ1v) is 9.23. The topological polar surface area (TPSA) is 62.7 Å². The van der Waals surface area contributed by atoms with Crippen LogP contribution in [0.4, 0.5) is 4.79 Å². The number of carbonyl (C=O) groups excluding carboxylic acids is 1. The Morgan fingerprint density at radius 1 is 1.12 bits per heavy atom. The first-order valence-electron chi connectivity index (χ1n) is 9.23. The Bertz CT molecular complexity index is 736. The van der Waals surface area contributed by atoms with Crippen LogP contribution in [0, 0.1) is 0 Å². The van der Waals surface area contributed by atoms with E-state index < -0.39 is 5.60 Å². The number of carbonyl (C=O) groups is 1. The maximum atomic E-state index is 12.6. The van der Waals surface area contributed by atoms with Crippen molar-refractivity contribution < 1.29 is 14.6 Å². The fourth-order valence-electron chi connectivity index (χ4n) is 4.44. The molecule has 0 spiro atoms. The lowest BCUT2D eigenvalue weighted by molar-refractivity contribution is -0.0485. The third-order valence-electron chi connectivity index (χ3n) is 5.52. The van der Waals surface area contributed by atoms with Crippen molar-refractivity contribution >= 4 is 6.09 Å². The predicted molar refractivity (Wildman–Crippen MR) is 97.4 cm³/mol. The molecule has 1 amide bonds. The SMILES string of the molecule is O=C(OCc1ccccc1)N1C2CCC1CC(O)(Cc1cccnc1)C2. The summed E-state index contributed by atoms with van der Waals surface area (Å²) < 4.78 is 5.53. The summed E-state index contributed by atoms with van der Waals surface area (Å²) in [5, 5.41) is 11.1. The highest BCUT2D eigenvalue weighted by Crippen LogP contribution is 2.42. The molecule has 2 atom stereocenters. The van der Waals surface area contributed by atoms with E-state index in [0.717, 1.165) is 24.0 Å². The van der Waals surface area contributed by atoms with Gasteiger partial charge in [-0.2, -0.15) is 0 Å². The van der Waals surface area contributed by atoms with Crippen molar-refractivity contribution in [2.75, 3.05) is 0 Å². The zero-order valence-electron chi connectivity index (χ0n) is 14.8. The molecule has 1 aromatic heterocycles. The Balaban J connectivity index is 1.39. The molecule has 2 aliphatic heterocycles. The molecular formula is C21H24N2O3. The van der Waals surface area contributed by atoms with E-state index in [-0.39, 0.29) is 24.8 Å². The number of ether oxygens (including phenoxy) is 1. The Kier molecular flexibility index (Phi) is 4.64. The number of piperidine rings is 1. The smallest absolute Gasteiger partial charge is 0.410 e. The zero-order valence-corrected chi connectivity index (χ0v) is 14.8. The van der Waals surface area contributed by atoms with Gasteiger partial charge in [0.05, 0.1) is 5.60 Å². The van der Waals surface area contributed by atoms with E-state index in [1.807, 2.05) is 47.4 Å². The fourth-order valence-corrected chi connectivity index (χ4v) is 4.44. The van der Waals surface area contributed by atoms with E-state index in [0.29, 0.717) is 19.3 Å². The number of rotatable bonds is 4. The molecular weight excluding hydrogens is 328 g/mol. The summed E-state index contributed by atoms with van der Waals surface area (Å²) in [6.07, 6.45) is 6.92. The van der Waals surface area contributed by atoms with Gasteiger partial charge in [-0.3, -0.25) is 4.98 Å². The predicted octanol–water partition coefficient (Wildman–Crippen LogP) is 3.32. The van der Waals surface area contributed by atoms with E-state index in [4.69, 9.17) is 4.74 Å². The highest BCUT2D eigenvalue weighted by molar-refractivity contribution is 5.69. The van der Waals surface area contributed by atoms with Gasteiger partial charge in [-0.05, 0) is 42.9 Å². The number of nitrogens with zero attached hydrogens (tertiary/aromatic N) is 2. The molecule has 5 heteroatoms. The Morgan fingerprint density at radius 2 is 1.81 bits per heavy atom. The van der Waals surface area contributed by atoms with E-state index in [9.17, 15) is 9.90 Å². The van der Waals surface area contributed by atoms with Crippen molar-refractivity contribution in [2.24, 2.45) is 0 Å². The van der Waals surface area contributed by atoms with Crippen molar-refractivity contribution in [1.82, 2.24) is 9.88 Å². The van der Waals surface area contributed by atoms with Crippen LogP contribution in [0.15, 0.2) is 54.9 Å². The first-order chi connectivity index (χ1) is 12.6. The summed E-state index contributed by atoms with van der Waals surface area (Å²) in [4.78, 5) is 18.6. The largest absolute Gasteiger partial charge is 0.445 e. The number of benzene rings is 1. The Morgan fingerprint density at radius 3 is 2.46 bits per heavy atom. The molecule has 1 aromatic carbocycles. The number of hydrogen-bond acceptors (Lipinski definition) is 4. The van der Waals surface area contributed by atoms with Gasteiger partial charge in [0, 0.05) is 30.9 Å². The summed E-state index contributed by atoms with van der Waals surface area (Å²) in [6, 6.07) is 13.7. The van der Waals surface area contributed by atoms with Crippen LogP contribution in [0.25, 0.3) is 0 Å². The zero-order chi connectivity index (χ0) is 18.0. The summed E-state index contributed by atoms with van der Waals surface area (Å²) in [7, 11) is 0. The number of amides is 1. The van der Waals surface area contributed by atoms with Gasteiger partial charge in [0.15, 0.2) is 0 Å². The average Bonchev–Trinajstić information content (AvgIpc) is 2.94. The fraction of sp³-hybridized carbons (Fsp3) is 0.429. The minimum absolute atomic E-state index is 0.0543. The van der Waals surface area contributed by atoms with E-state index in [1.165, 1.54) is 0 Å². The molecule has 5 nitrogen and oxygen atoms in total. The van der Waals surface area contributed by atoms with E-state index in [2.05, 4.69) is 4.98 Å². The van der Waals surface area contributed by atoms with Crippen LogP contribution in [0.5, 0.6) is 0 Å². The number of aromatic nitrogens is 1. The Hall–Kier alpha value is -2.40. The molecule has 2 fully saturated rings. The van der Waals surface area contributed by atoms with Crippen molar-refractivity contribution in [3.05, 3.63) is 66.0 Å². The first kappa shape index (κ1) is 17.0. The van der Waals surface area contributed by atoms with Crippen LogP contribution >= 0.6 is 0 Å². The molecule has 136 valence electrons. The molecule has 2 aliphatic rings.